The van der Waals surface area contributed by atoms with Crippen molar-refractivity contribution < 1.29 is 9.32 Å². The fraction of sp³-hybridized carbons (Fsp3) is 0.133. The minimum absolute atomic E-state index is 0.0221. The van der Waals surface area contributed by atoms with E-state index in [9.17, 15) is 9.32 Å². The van der Waals surface area contributed by atoms with Gasteiger partial charge in [0.1, 0.15) is 16.3 Å². The lowest BCUT2D eigenvalue weighted by molar-refractivity contribution is 0.538. The highest BCUT2D eigenvalue weighted by Crippen LogP contribution is 2.27. The van der Waals surface area contributed by atoms with Crippen LogP contribution >= 0.6 is 0 Å². The average Bonchev–Trinajstić information content (AvgIpc) is 2.46. The van der Waals surface area contributed by atoms with Gasteiger partial charge < -0.3 is 5.11 Å². The topological polar surface area (TPSA) is 37.3 Å². The smallest absolute Gasteiger partial charge is 0.143 e. The Balaban J connectivity index is 2.38. The van der Waals surface area contributed by atoms with Crippen molar-refractivity contribution in [3.63, 3.8) is 0 Å². The SMILES string of the molecule is O=S=C(O)CC(c1ccccc1)c1ccccc1. The molecule has 92 valence electrons. The second-order valence-electron chi connectivity index (χ2n) is 4.06. The summed E-state index contributed by atoms with van der Waals surface area (Å²) >= 11 is 0.165. The van der Waals surface area contributed by atoms with E-state index in [1.165, 1.54) is 0 Å². The van der Waals surface area contributed by atoms with Crippen molar-refractivity contribution in [3.05, 3.63) is 71.8 Å². The second kappa shape index (κ2) is 6.28. The zero-order valence-electron chi connectivity index (χ0n) is 9.82. The number of hydrogen-bond acceptors (Lipinski definition) is 1. The molecule has 0 aliphatic rings. The lowest BCUT2D eigenvalue weighted by atomic mass is 9.89. The summed E-state index contributed by atoms with van der Waals surface area (Å²) in [5, 5.41) is 9.44. The highest BCUT2D eigenvalue weighted by atomic mass is 32.1. The number of hydrogen-bond donors (Lipinski definition) is 1. The molecule has 0 saturated heterocycles. The summed E-state index contributed by atoms with van der Waals surface area (Å²) in [6.07, 6.45) is 0.349. The summed E-state index contributed by atoms with van der Waals surface area (Å²) in [4.78, 5) is 0. The fourth-order valence-corrected chi connectivity index (χ4v) is 2.24. The highest BCUT2D eigenvalue weighted by molar-refractivity contribution is 7.66. The van der Waals surface area contributed by atoms with Crippen LogP contribution in [0.2, 0.25) is 0 Å². The Morgan fingerprint density at radius 2 is 1.39 bits per heavy atom. The average molecular weight is 258 g/mol. The van der Waals surface area contributed by atoms with Gasteiger partial charge in [-0.3, -0.25) is 0 Å². The zero-order chi connectivity index (χ0) is 12.8. The van der Waals surface area contributed by atoms with Gasteiger partial charge in [0.2, 0.25) is 0 Å². The van der Waals surface area contributed by atoms with Gasteiger partial charge in [0.05, 0.1) is 0 Å². The lowest BCUT2D eigenvalue weighted by Gasteiger charge is -2.16. The van der Waals surface area contributed by atoms with Crippen molar-refractivity contribution in [3.8, 4) is 0 Å². The quantitative estimate of drug-likeness (QED) is 0.856. The zero-order valence-corrected chi connectivity index (χ0v) is 10.6. The Labute approximate surface area is 110 Å². The standard InChI is InChI=1S/C15H14O2S/c16-15(18-17)11-14(12-7-3-1-4-8-12)13-9-5-2-6-10-13/h1-10,14,16H,11H2. The van der Waals surface area contributed by atoms with Crippen LogP contribution in [-0.2, 0) is 11.3 Å². The summed E-state index contributed by atoms with van der Waals surface area (Å²) in [6, 6.07) is 19.8. The van der Waals surface area contributed by atoms with Gasteiger partial charge in [-0.25, -0.2) is 4.21 Å². The van der Waals surface area contributed by atoms with Crippen LogP contribution in [0.4, 0.5) is 0 Å². The minimum atomic E-state index is -0.0762. The number of aliphatic hydroxyl groups excluding tert-OH is 1. The van der Waals surface area contributed by atoms with Gasteiger partial charge >= 0.3 is 0 Å². The van der Waals surface area contributed by atoms with Crippen LogP contribution in [0.25, 0.3) is 0 Å². The van der Waals surface area contributed by atoms with E-state index in [-0.39, 0.29) is 22.2 Å². The van der Waals surface area contributed by atoms with Gasteiger partial charge in [0.15, 0.2) is 0 Å². The number of rotatable bonds is 4. The maximum Gasteiger partial charge on any atom is 0.143 e. The summed E-state index contributed by atoms with van der Waals surface area (Å²) in [5.74, 6) is 0.0221. The molecule has 0 bridgehead atoms. The van der Waals surface area contributed by atoms with Gasteiger partial charge in [-0.05, 0) is 11.1 Å². The molecule has 0 radical (unpaired) electrons. The maximum absolute atomic E-state index is 10.7. The first-order chi connectivity index (χ1) is 8.81. The van der Waals surface area contributed by atoms with Crippen LogP contribution in [0.3, 0.4) is 0 Å². The molecule has 0 spiro atoms. The molecular formula is C15H14O2S. The van der Waals surface area contributed by atoms with Crippen LogP contribution in [0.15, 0.2) is 60.7 Å². The summed E-state index contributed by atoms with van der Waals surface area (Å²) in [7, 11) is 0. The van der Waals surface area contributed by atoms with Crippen LogP contribution in [0, 0.1) is 0 Å². The van der Waals surface area contributed by atoms with Crippen molar-refractivity contribution in [2.24, 2.45) is 0 Å². The largest absolute Gasteiger partial charge is 0.353 e. The third kappa shape index (κ3) is 3.15. The molecule has 3 heteroatoms. The van der Waals surface area contributed by atoms with Crippen LogP contribution in [-0.4, -0.2) is 14.4 Å². The fourth-order valence-electron chi connectivity index (χ4n) is 2.01. The van der Waals surface area contributed by atoms with Gasteiger partial charge in [-0.15, -0.1) is 0 Å². The third-order valence-electron chi connectivity index (χ3n) is 2.88. The van der Waals surface area contributed by atoms with Crippen LogP contribution in [0.5, 0.6) is 0 Å². The molecule has 1 N–H and O–H groups in total. The monoisotopic (exact) mass is 258 g/mol. The predicted molar refractivity (Wildman–Crippen MR) is 75.1 cm³/mol. The Morgan fingerprint density at radius 1 is 0.944 bits per heavy atom. The van der Waals surface area contributed by atoms with Crippen molar-refractivity contribution in [2.45, 2.75) is 12.3 Å². The van der Waals surface area contributed by atoms with E-state index in [2.05, 4.69) is 0 Å². The van der Waals surface area contributed by atoms with Gasteiger partial charge in [-0.2, -0.15) is 0 Å². The molecule has 0 heterocycles. The molecule has 2 rings (SSSR count). The van der Waals surface area contributed by atoms with Crippen LogP contribution < -0.4 is 0 Å². The molecule has 0 amide bonds. The van der Waals surface area contributed by atoms with E-state index in [1.54, 1.807) is 0 Å². The lowest BCUT2D eigenvalue weighted by Crippen LogP contribution is -2.08. The molecule has 0 saturated carbocycles. The van der Waals surface area contributed by atoms with Crippen molar-refractivity contribution in [1.82, 2.24) is 0 Å². The van der Waals surface area contributed by atoms with E-state index in [0.29, 0.717) is 6.42 Å². The van der Waals surface area contributed by atoms with Gasteiger partial charge in [-0.1, -0.05) is 60.7 Å². The summed E-state index contributed by atoms with van der Waals surface area (Å²) in [5.41, 5.74) is 2.20. The molecule has 2 nitrogen and oxygen atoms in total. The van der Waals surface area contributed by atoms with Crippen molar-refractivity contribution >= 4 is 16.3 Å². The molecule has 0 aromatic heterocycles. The van der Waals surface area contributed by atoms with E-state index in [0.717, 1.165) is 11.1 Å². The Kier molecular flexibility index (Phi) is 4.45. The van der Waals surface area contributed by atoms with Crippen molar-refractivity contribution in [1.29, 1.82) is 0 Å². The van der Waals surface area contributed by atoms with E-state index < -0.39 is 0 Å². The van der Waals surface area contributed by atoms with Crippen molar-refractivity contribution in [2.75, 3.05) is 0 Å². The Morgan fingerprint density at radius 3 is 1.78 bits per heavy atom. The molecule has 0 aliphatic heterocycles. The second-order valence-corrected chi connectivity index (χ2v) is 4.69. The molecule has 0 aliphatic carbocycles. The first kappa shape index (κ1) is 12.7. The Hall–Kier alpha value is -1.71. The summed E-state index contributed by atoms with van der Waals surface area (Å²) < 4.78 is 10.7. The van der Waals surface area contributed by atoms with Crippen LogP contribution in [0.1, 0.15) is 23.5 Å². The number of aliphatic hydroxyl groups is 1. The highest BCUT2D eigenvalue weighted by Gasteiger charge is 2.15. The van der Waals surface area contributed by atoms with Gasteiger partial charge in [0, 0.05) is 12.3 Å². The first-order valence-corrected chi connectivity index (χ1v) is 6.50. The normalized spacial score (nSPS) is 10.3. The Bertz CT molecular complexity index is 506. The number of benzene rings is 2. The predicted octanol–water partition coefficient (Wildman–Crippen LogP) is 3.11. The minimum Gasteiger partial charge on any atom is -0.353 e. The maximum atomic E-state index is 10.7. The molecule has 18 heavy (non-hydrogen) atoms. The third-order valence-corrected chi connectivity index (χ3v) is 3.24. The van der Waals surface area contributed by atoms with E-state index in [4.69, 9.17) is 0 Å². The molecule has 2 aromatic rings. The molecule has 0 unspecified atom stereocenters. The van der Waals surface area contributed by atoms with E-state index in [1.807, 2.05) is 60.7 Å². The molecular weight excluding hydrogens is 244 g/mol. The molecule has 0 atom stereocenters. The van der Waals surface area contributed by atoms with Gasteiger partial charge in [0.25, 0.3) is 0 Å². The molecule has 0 fully saturated rings. The first-order valence-electron chi connectivity index (χ1n) is 5.75. The summed E-state index contributed by atoms with van der Waals surface area (Å²) in [6.45, 7) is 0. The molecule has 2 aromatic carbocycles. The van der Waals surface area contributed by atoms with E-state index >= 15 is 0 Å².